The molecule has 1 aromatic rings. The van der Waals surface area contributed by atoms with Gasteiger partial charge in [0, 0.05) is 5.69 Å². The summed E-state index contributed by atoms with van der Waals surface area (Å²) in [6.07, 6.45) is 0.0700. The number of anilines is 1. The van der Waals surface area contributed by atoms with Crippen LogP contribution in [0.15, 0.2) is 24.3 Å². The Labute approximate surface area is 120 Å². The first-order chi connectivity index (χ1) is 8.95. The molecule has 4 heteroatoms. The Bertz CT molecular complexity index is 401. The highest BCUT2D eigenvalue weighted by atomic mass is 35.5. The lowest BCUT2D eigenvalue weighted by Crippen LogP contribution is -2.35. The number of benzene rings is 1. The fraction of sp³-hybridized carbons (Fsp3) is 0.533. The Morgan fingerprint density at radius 2 is 1.79 bits per heavy atom. The highest BCUT2D eigenvalue weighted by molar-refractivity contribution is 6.29. The monoisotopic (exact) mass is 283 g/mol. The smallest absolute Gasteiger partial charge is 0.243 e. The van der Waals surface area contributed by atoms with E-state index in [0.717, 1.165) is 5.69 Å². The van der Waals surface area contributed by atoms with Crippen molar-refractivity contribution in [3.63, 3.8) is 0 Å². The number of hydrogen-bond acceptors (Lipinski definition) is 2. The van der Waals surface area contributed by atoms with Crippen molar-refractivity contribution in [1.29, 1.82) is 0 Å². The van der Waals surface area contributed by atoms with Gasteiger partial charge in [-0.05, 0) is 37.5 Å². The van der Waals surface area contributed by atoms with Crippen LogP contribution in [0, 0.1) is 0 Å². The van der Waals surface area contributed by atoms with Crippen LogP contribution in [0.2, 0.25) is 0 Å². The molecule has 1 rings (SSSR count). The Balaban J connectivity index is 2.87. The summed E-state index contributed by atoms with van der Waals surface area (Å²) in [6, 6.07) is 7.93. The predicted octanol–water partition coefficient (Wildman–Crippen LogP) is 3.76. The van der Waals surface area contributed by atoms with Gasteiger partial charge in [-0.15, -0.1) is 11.6 Å². The van der Waals surface area contributed by atoms with Crippen LogP contribution in [0.25, 0.3) is 0 Å². The molecular weight excluding hydrogens is 262 g/mol. The zero-order chi connectivity index (χ0) is 14.4. The van der Waals surface area contributed by atoms with Crippen LogP contribution in [0.4, 0.5) is 5.69 Å². The number of carbonyl (C=O) groups excluding carboxylic acids is 1. The number of halogens is 1. The SMILES string of the molecule is CC(C)OCN(C(=O)CCl)c1ccc(C(C)C)cc1. The third kappa shape index (κ3) is 4.84. The van der Waals surface area contributed by atoms with Gasteiger partial charge in [-0.3, -0.25) is 9.69 Å². The maximum absolute atomic E-state index is 11.9. The van der Waals surface area contributed by atoms with E-state index in [2.05, 4.69) is 13.8 Å². The molecule has 0 heterocycles. The van der Waals surface area contributed by atoms with Gasteiger partial charge in [-0.2, -0.15) is 0 Å². The van der Waals surface area contributed by atoms with Gasteiger partial charge >= 0.3 is 0 Å². The van der Waals surface area contributed by atoms with E-state index in [-0.39, 0.29) is 24.6 Å². The molecule has 0 bridgehead atoms. The summed E-state index contributed by atoms with van der Waals surface area (Å²) in [6.45, 7) is 8.37. The molecule has 0 saturated heterocycles. The number of hydrogen-bond donors (Lipinski definition) is 0. The number of alkyl halides is 1. The normalized spacial score (nSPS) is 11.1. The first kappa shape index (κ1) is 16.0. The van der Waals surface area contributed by atoms with Crippen molar-refractivity contribution in [3.8, 4) is 0 Å². The molecule has 1 aromatic carbocycles. The van der Waals surface area contributed by atoms with Gasteiger partial charge in [0.2, 0.25) is 5.91 Å². The third-order valence-electron chi connectivity index (χ3n) is 2.82. The molecule has 0 aliphatic heterocycles. The quantitative estimate of drug-likeness (QED) is 0.588. The van der Waals surface area contributed by atoms with E-state index in [1.165, 1.54) is 5.56 Å². The molecule has 106 valence electrons. The summed E-state index contributed by atoms with van der Waals surface area (Å²) in [4.78, 5) is 13.4. The van der Waals surface area contributed by atoms with E-state index >= 15 is 0 Å². The first-order valence-electron chi connectivity index (χ1n) is 6.53. The topological polar surface area (TPSA) is 29.5 Å². The highest BCUT2D eigenvalue weighted by Crippen LogP contribution is 2.20. The maximum atomic E-state index is 11.9. The summed E-state index contributed by atoms with van der Waals surface area (Å²) in [7, 11) is 0. The second-order valence-electron chi connectivity index (χ2n) is 5.05. The highest BCUT2D eigenvalue weighted by Gasteiger charge is 2.15. The summed E-state index contributed by atoms with van der Waals surface area (Å²) in [5, 5.41) is 0. The molecule has 1 amide bonds. The molecule has 19 heavy (non-hydrogen) atoms. The molecule has 0 aromatic heterocycles. The predicted molar refractivity (Wildman–Crippen MR) is 79.8 cm³/mol. The number of rotatable bonds is 6. The fourth-order valence-corrected chi connectivity index (χ4v) is 1.77. The number of amides is 1. The second-order valence-corrected chi connectivity index (χ2v) is 5.31. The average Bonchev–Trinajstić information content (AvgIpc) is 2.38. The molecule has 0 unspecified atom stereocenters. The van der Waals surface area contributed by atoms with Gasteiger partial charge in [0.15, 0.2) is 0 Å². The number of ether oxygens (including phenoxy) is 1. The lowest BCUT2D eigenvalue weighted by Gasteiger charge is -2.23. The van der Waals surface area contributed by atoms with Crippen LogP contribution in [0.3, 0.4) is 0 Å². The largest absolute Gasteiger partial charge is 0.358 e. The maximum Gasteiger partial charge on any atom is 0.243 e. The summed E-state index contributed by atoms with van der Waals surface area (Å²) >= 11 is 5.65. The molecule has 0 aliphatic rings. The van der Waals surface area contributed by atoms with Crippen molar-refractivity contribution < 1.29 is 9.53 Å². The minimum atomic E-state index is -0.153. The van der Waals surface area contributed by atoms with Crippen LogP contribution in [-0.4, -0.2) is 24.6 Å². The van der Waals surface area contributed by atoms with E-state index in [1.54, 1.807) is 4.90 Å². The van der Waals surface area contributed by atoms with E-state index < -0.39 is 0 Å². The van der Waals surface area contributed by atoms with E-state index in [9.17, 15) is 4.79 Å². The van der Waals surface area contributed by atoms with Crippen molar-refractivity contribution in [2.24, 2.45) is 0 Å². The molecule has 3 nitrogen and oxygen atoms in total. The van der Waals surface area contributed by atoms with E-state index in [4.69, 9.17) is 16.3 Å². The summed E-state index contributed by atoms with van der Waals surface area (Å²) in [5.74, 6) is 0.269. The van der Waals surface area contributed by atoms with E-state index in [1.807, 2.05) is 38.1 Å². The van der Waals surface area contributed by atoms with Gasteiger partial charge < -0.3 is 4.74 Å². The molecule has 0 spiro atoms. The molecule has 0 radical (unpaired) electrons. The Morgan fingerprint density at radius 1 is 1.21 bits per heavy atom. The van der Waals surface area contributed by atoms with Gasteiger partial charge in [0.25, 0.3) is 0 Å². The molecule has 0 N–H and O–H groups in total. The van der Waals surface area contributed by atoms with Gasteiger partial charge in [0.1, 0.15) is 12.6 Å². The van der Waals surface area contributed by atoms with Crippen molar-refractivity contribution in [1.82, 2.24) is 0 Å². The molecule has 0 saturated carbocycles. The summed E-state index contributed by atoms with van der Waals surface area (Å²) in [5.41, 5.74) is 2.06. The first-order valence-corrected chi connectivity index (χ1v) is 7.07. The van der Waals surface area contributed by atoms with Crippen LogP contribution in [0.1, 0.15) is 39.2 Å². The van der Waals surface area contributed by atoms with E-state index in [0.29, 0.717) is 5.92 Å². The van der Waals surface area contributed by atoms with Gasteiger partial charge in [-0.25, -0.2) is 0 Å². The molecule has 0 aliphatic carbocycles. The third-order valence-corrected chi connectivity index (χ3v) is 3.05. The fourth-order valence-electron chi connectivity index (χ4n) is 1.63. The lowest BCUT2D eigenvalue weighted by molar-refractivity contribution is -0.117. The minimum absolute atomic E-state index is 0.0482. The standard InChI is InChI=1S/C15H22ClNO2/c1-11(2)13-5-7-14(8-6-13)17(15(18)9-16)10-19-12(3)4/h5-8,11-12H,9-10H2,1-4H3. The Hall–Kier alpha value is -1.06. The van der Waals surface area contributed by atoms with Crippen LogP contribution < -0.4 is 4.90 Å². The average molecular weight is 284 g/mol. The van der Waals surface area contributed by atoms with Gasteiger partial charge in [0.05, 0.1) is 6.10 Å². The van der Waals surface area contributed by atoms with Crippen molar-refractivity contribution in [2.45, 2.75) is 39.7 Å². The number of nitrogens with zero attached hydrogens (tertiary/aromatic N) is 1. The molecular formula is C15H22ClNO2. The van der Waals surface area contributed by atoms with Crippen LogP contribution in [-0.2, 0) is 9.53 Å². The van der Waals surface area contributed by atoms with Crippen molar-refractivity contribution in [3.05, 3.63) is 29.8 Å². The Kier molecular flexibility index (Phi) is 6.32. The molecule has 0 fully saturated rings. The van der Waals surface area contributed by atoms with Crippen molar-refractivity contribution >= 4 is 23.2 Å². The van der Waals surface area contributed by atoms with Gasteiger partial charge in [-0.1, -0.05) is 26.0 Å². The van der Waals surface area contributed by atoms with Crippen LogP contribution >= 0.6 is 11.6 Å². The molecule has 0 atom stereocenters. The summed E-state index contributed by atoms with van der Waals surface area (Å²) < 4.78 is 5.51. The second kappa shape index (κ2) is 7.51. The van der Waals surface area contributed by atoms with Crippen LogP contribution in [0.5, 0.6) is 0 Å². The van der Waals surface area contributed by atoms with Crippen molar-refractivity contribution in [2.75, 3.05) is 17.5 Å². The zero-order valence-corrected chi connectivity index (χ0v) is 12.8. The zero-order valence-electron chi connectivity index (χ0n) is 12.0. The Morgan fingerprint density at radius 3 is 2.21 bits per heavy atom. The lowest BCUT2D eigenvalue weighted by atomic mass is 10.0. The number of carbonyl (C=O) groups is 1. The minimum Gasteiger partial charge on any atom is -0.358 e.